The summed E-state index contributed by atoms with van der Waals surface area (Å²) < 4.78 is 1.91. The monoisotopic (exact) mass is 223 g/mol. The average molecular weight is 223 g/mol. The van der Waals surface area contributed by atoms with Gasteiger partial charge in [-0.2, -0.15) is 5.10 Å². The Labute approximate surface area is 94.5 Å². The van der Waals surface area contributed by atoms with E-state index in [4.69, 9.17) is 5.11 Å². The van der Waals surface area contributed by atoms with Gasteiger partial charge in [0.25, 0.3) is 0 Å². The molecule has 2 unspecified atom stereocenters. The third kappa shape index (κ3) is 2.81. The zero-order valence-corrected chi connectivity index (χ0v) is 9.25. The number of rotatable bonds is 4. The first-order chi connectivity index (χ1) is 7.75. The van der Waals surface area contributed by atoms with Crippen LogP contribution in [-0.4, -0.2) is 25.8 Å². The number of carboxylic acids is 1. The molecule has 2 rings (SSSR count). The molecule has 2 atom stereocenters. The quantitative estimate of drug-likeness (QED) is 0.846. The van der Waals surface area contributed by atoms with Crippen molar-refractivity contribution >= 4 is 5.97 Å². The lowest BCUT2D eigenvalue weighted by Gasteiger charge is -2.28. The second-order valence-electron chi connectivity index (χ2n) is 4.49. The van der Waals surface area contributed by atoms with E-state index in [2.05, 4.69) is 10.1 Å². The first kappa shape index (κ1) is 11.1. The first-order valence-corrected chi connectivity index (χ1v) is 5.81. The maximum Gasteiger partial charge on any atom is 0.303 e. The van der Waals surface area contributed by atoms with E-state index >= 15 is 0 Å². The lowest BCUT2D eigenvalue weighted by molar-refractivity contribution is -0.137. The second-order valence-corrected chi connectivity index (χ2v) is 4.49. The van der Waals surface area contributed by atoms with Crippen molar-refractivity contribution in [2.24, 2.45) is 5.92 Å². The van der Waals surface area contributed by atoms with Crippen molar-refractivity contribution in [1.82, 2.24) is 14.8 Å². The molecule has 1 aromatic rings. The highest BCUT2D eigenvalue weighted by Crippen LogP contribution is 2.34. The van der Waals surface area contributed by atoms with Gasteiger partial charge in [-0.3, -0.25) is 4.79 Å². The van der Waals surface area contributed by atoms with Gasteiger partial charge < -0.3 is 5.11 Å². The summed E-state index contributed by atoms with van der Waals surface area (Å²) in [6, 6.07) is 0.412. The number of carboxylic acid groups (broad SMARTS) is 1. The van der Waals surface area contributed by atoms with Gasteiger partial charge >= 0.3 is 5.97 Å². The predicted molar refractivity (Wildman–Crippen MR) is 57.9 cm³/mol. The summed E-state index contributed by atoms with van der Waals surface area (Å²) in [5.74, 6) is -0.165. The molecule has 1 saturated carbocycles. The summed E-state index contributed by atoms with van der Waals surface area (Å²) in [5, 5.41) is 12.8. The average Bonchev–Trinajstić information content (AvgIpc) is 2.80. The topological polar surface area (TPSA) is 68.0 Å². The molecule has 0 bridgehead atoms. The molecular formula is C11H17N3O2. The van der Waals surface area contributed by atoms with Crippen LogP contribution < -0.4 is 0 Å². The van der Waals surface area contributed by atoms with Crippen LogP contribution in [0.25, 0.3) is 0 Å². The van der Waals surface area contributed by atoms with Crippen molar-refractivity contribution < 1.29 is 9.90 Å². The minimum atomic E-state index is -0.692. The van der Waals surface area contributed by atoms with Crippen molar-refractivity contribution in [3.05, 3.63) is 12.7 Å². The molecular weight excluding hydrogens is 206 g/mol. The fraction of sp³-hybridized carbons (Fsp3) is 0.727. The van der Waals surface area contributed by atoms with Crippen molar-refractivity contribution in [3.63, 3.8) is 0 Å². The van der Waals surface area contributed by atoms with Crippen LogP contribution in [0.1, 0.15) is 44.6 Å². The Morgan fingerprint density at radius 1 is 1.50 bits per heavy atom. The number of aliphatic carboxylic acids is 1. The molecule has 0 aromatic carbocycles. The van der Waals surface area contributed by atoms with Crippen LogP contribution in [0.2, 0.25) is 0 Å². The highest BCUT2D eigenvalue weighted by atomic mass is 16.4. The fourth-order valence-electron chi connectivity index (χ4n) is 2.50. The van der Waals surface area contributed by atoms with Crippen LogP contribution in [0.4, 0.5) is 0 Å². The van der Waals surface area contributed by atoms with E-state index < -0.39 is 5.97 Å². The molecule has 5 nitrogen and oxygen atoms in total. The van der Waals surface area contributed by atoms with Gasteiger partial charge in [0.2, 0.25) is 0 Å². The molecule has 0 amide bonds. The lowest BCUT2D eigenvalue weighted by atomic mass is 9.83. The highest BCUT2D eigenvalue weighted by Gasteiger charge is 2.23. The molecule has 0 radical (unpaired) electrons. The number of carbonyl (C=O) groups is 1. The molecule has 0 saturated heterocycles. The van der Waals surface area contributed by atoms with Crippen molar-refractivity contribution in [1.29, 1.82) is 0 Å². The van der Waals surface area contributed by atoms with Gasteiger partial charge in [0.15, 0.2) is 0 Å². The molecule has 5 heteroatoms. The van der Waals surface area contributed by atoms with Gasteiger partial charge in [0, 0.05) is 6.42 Å². The molecule has 1 aliphatic carbocycles. The summed E-state index contributed by atoms with van der Waals surface area (Å²) in [6.45, 7) is 0. The third-order valence-electron chi connectivity index (χ3n) is 3.33. The maximum atomic E-state index is 10.5. The van der Waals surface area contributed by atoms with E-state index in [1.165, 1.54) is 0 Å². The van der Waals surface area contributed by atoms with E-state index in [0.717, 1.165) is 32.1 Å². The van der Waals surface area contributed by atoms with Crippen molar-refractivity contribution in [3.8, 4) is 0 Å². The summed E-state index contributed by atoms with van der Waals surface area (Å²) in [5.41, 5.74) is 0. The van der Waals surface area contributed by atoms with E-state index in [1.54, 1.807) is 12.7 Å². The van der Waals surface area contributed by atoms with Crippen LogP contribution >= 0.6 is 0 Å². The van der Waals surface area contributed by atoms with Gasteiger partial charge in [-0.1, -0.05) is 12.8 Å². The van der Waals surface area contributed by atoms with Crippen molar-refractivity contribution in [2.45, 2.75) is 44.6 Å². The molecule has 1 aromatic heterocycles. The minimum absolute atomic E-state index is 0.286. The molecule has 88 valence electrons. The smallest absolute Gasteiger partial charge is 0.303 e. The Hall–Kier alpha value is -1.39. The Bertz CT molecular complexity index is 337. The van der Waals surface area contributed by atoms with Gasteiger partial charge in [0.1, 0.15) is 12.7 Å². The molecule has 0 aliphatic heterocycles. The second kappa shape index (κ2) is 5.09. The van der Waals surface area contributed by atoms with E-state index in [-0.39, 0.29) is 6.42 Å². The zero-order chi connectivity index (χ0) is 11.4. The molecule has 1 heterocycles. The SMILES string of the molecule is O=C(O)CCC1CCCC(n2cncn2)C1. The summed E-state index contributed by atoms with van der Waals surface area (Å²) >= 11 is 0. The van der Waals surface area contributed by atoms with E-state index in [9.17, 15) is 4.79 Å². The van der Waals surface area contributed by atoms with Crippen molar-refractivity contribution in [2.75, 3.05) is 0 Å². The third-order valence-corrected chi connectivity index (χ3v) is 3.33. The highest BCUT2D eigenvalue weighted by molar-refractivity contribution is 5.66. The summed E-state index contributed by atoms with van der Waals surface area (Å²) in [4.78, 5) is 14.5. The number of aromatic nitrogens is 3. The van der Waals surface area contributed by atoms with E-state index in [1.807, 2.05) is 4.68 Å². The standard InChI is InChI=1S/C11H17N3O2/c15-11(16)5-4-9-2-1-3-10(6-9)14-8-12-7-13-14/h7-10H,1-6H2,(H,15,16). The predicted octanol–water partition coefficient (Wildman–Crippen LogP) is 1.87. The number of hydrogen-bond acceptors (Lipinski definition) is 3. The fourth-order valence-corrected chi connectivity index (χ4v) is 2.50. The Morgan fingerprint density at radius 3 is 3.06 bits per heavy atom. The van der Waals surface area contributed by atoms with Gasteiger partial charge in [0.05, 0.1) is 6.04 Å². The Kier molecular flexibility index (Phi) is 3.54. The van der Waals surface area contributed by atoms with Crippen LogP contribution in [0.3, 0.4) is 0 Å². The lowest BCUT2D eigenvalue weighted by Crippen LogP contribution is -2.20. The molecule has 1 N–H and O–H groups in total. The number of hydrogen-bond donors (Lipinski definition) is 1. The van der Waals surface area contributed by atoms with Gasteiger partial charge in [-0.15, -0.1) is 0 Å². The Morgan fingerprint density at radius 2 is 2.38 bits per heavy atom. The molecule has 1 fully saturated rings. The molecule has 1 aliphatic rings. The summed E-state index contributed by atoms with van der Waals surface area (Å²) in [7, 11) is 0. The van der Waals surface area contributed by atoms with Crippen LogP contribution in [0.5, 0.6) is 0 Å². The summed E-state index contributed by atoms with van der Waals surface area (Å²) in [6.07, 6.45) is 8.87. The number of nitrogens with zero attached hydrogens (tertiary/aromatic N) is 3. The zero-order valence-electron chi connectivity index (χ0n) is 9.25. The normalized spacial score (nSPS) is 25.5. The van der Waals surface area contributed by atoms with Crippen LogP contribution in [0.15, 0.2) is 12.7 Å². The van der Waals surface area contributed by atoms with E-state index in [0.29, 0.717) is 12.0 Å². The maximum absolute atomic E-state index is 10.5. The Balaban J connectivity index is 1.87. The van der Waals surface area contributed by atoms with Crippen LogP contribution in [-0.2, 0) is 4.79 Å². The van der Waals surface area contributed by atoms with Gasteiger partial charge in [-0.05, 0) is 25.2 Å². The first-order valence-electron chi connectivity index (χ1n) is 5.81. The van der Waals surface area contributed by atoms with Crippen LogP contribution in [0, 0.1) is 5.92 Å². The largest absolute Gasteiger partial charge is 0.481 e. The van der Waals surface area contributed by atoms with Gasteiger partial charge in [-0.25, -0.2) is 9.67 Å². The minimum Gasteiger partial charge on any atom is -0.481 e. The molecule has 0 spiro atoms. The molecule has 16 heavy (non-hydrogen) atoms.